The molecule has 1 nitrogen and oxygen atoms in total. The van der Waals surface area contributed by atoms with E-state index in [1.807, 2.05) is 41.8 Å². The number of halogens is 1. The van der Waals surface area contributed by atoms with Crippen LogP contribution in [-0.4, -0.2) is 5.71 Å². The molecule has 0 fully saturated rings. The smallest absolute Gasteiger partial charge is 0.0886 e. The van der Waals surface area contributed by atoms with E-state index in [1.54, 1.807) is 11.3 Å². The third kappa shape index (κ3) is 2.89. The summed E-state index contributed by atoms with van der Waals surface area (Å²) in [4.78, 5) is 4.84. The second-order valence-corrected chi connectivity index (χ2v) is 5.90. The Hall–Kier alpha value is -1.71. The molecule has 0 saturated heterocycles. The van der Waals surface area contributed by atoms with Gasteiger partial charge in [0.25, 0.3) is 0 Å². The third-order valence-corrected chi connectivity index (χ3v) is 4.59. The summed E-state index contributed by atoms with van der Waals surface area (Å²) in [5.41, 5.74) is 4.21. The van der Waals surface area contributed by atoms with Crippen LogP contribution in [0.1, 0.15) is 11.1 Å². The lowest BCUT2D eigenvalue weighted by molar-refractivity contribution is 1.49. The molecular formula is C17H12BrNS. The summed E-state index contributed by atoms with van der Waals surface area (Å²) < 4.78 is 1.03. The topological polar surface area (TPSA) is 12.4 Å². The van der Waals surface area contributed by atoms with E-state index < -0.39 is 0 Å². The Morgan fingerprint density at radius 1 is 0.800 bits per heavy atom. The minimum atomic E-state index is 0.970. The maximum absolute atomic E-state index is 4.84. The van der Waals surface area contributed by atoms with Gasteiger partial charge in [-0.15, -0.1) is 11.3 Å². The summed E-state index contributed by atoms with van der Waals surface area (Å²) in [6, 6.07) is 20.6. The highest BCUT2D eigenvalue weighted by Crippen LogP contribution is 2.30. The van der Waals surface area contributed by atoms with Gasteiger partial charge in [0.15, 0.2) is 0 Å². The lowest BCUT2D eigenvalue weighted by Gasteiger charge is -2.07. The highest BCUT2D eigenvalue weighted by Gasteiger charge is 2.08. The molecule has 98 valence electrons. The van der Waals surface area contributed by atoms with Gasteiger partial charge in [0, 0.05) is 21.9 Å². The Bertz CT molecular complexity index is 676. The van der Waals surface area contributed by atoms with Crippen LogP contribution in [0.3, 0.4) is 0 Å². The lowest BCUT2D eigenvalue weighted by atomic mass is 10.0. The van der Waals surface area contributed by atoms with Crippen molar-refractivity contribution in [3.63, 3.8) is 0 Å². The molecule has 3 rings (SSSR count). The van der Waals surface area contributed by atoms with Crippen molar-refractivity contribution in [2.75, 3.05) is 0 Å². The Kier molecular flexibility index (Phi) is 4.09. The summed E-state index contributed by atoms with van der Waals surface area (Å²) in [5, 5.41) is 4.10. The Morgan fingerprint density at radius 3 is 1.80 bits per heavy atom. The van der Waals surface area contributed by atoms with E-state index in [0.717, 1.165) is 27.0 Å². The molecule has 0 aliphatic carbocycles. The first kappa shape index (κ1) is 13.3. The first-order valence-electron chi connectivity index (χ1n) is 6.26. The molecule has 0 aliphatic rings. The van der Waals surface area contributed by atoms with Gasteiger partial charge in [-0.25, -0.2) is 4.99 Å². The average Bonchev–Trinajstić information content (AvgIpc) is 2.92. The molecule has 0 bridgehead atoms. The molecule has 0 spiro atoms. The SMILES string of the molecule is Brc1cscc1N=C(c1ccccc1)c1ccccc1. The molecule has 0 radical (unpaired) electrons. The van der Waals surface area contributed by atoms with Crippen LogP contribution < -0.4 is 0 Å². The van der Waals surface area contributed by atoms with Gasteiger partial charge in [-0.2, -0.15) is 0 Å². The van der Waals surface area contributed by atoms with Gasteiger partial charge in [0.2, 0.25) is 0 Å². The second-order valence-electron chi connectivity index (χ2n) is 4.30. The molecule has 0 aliphatic heterocycles. The van der Waals surface area contributed by atoms with Crippen LogP contribution in [0.25, 0.3) is 0 Å². The minimum absolute atomic E-state index is 0.970. The van der Waals surface area contributed by atoms with Crippen molar-refractivity contribution in [2.24, 2.45) is 4.99 Å². The Labute approximate surface area is 130 Å². The zero-order valence-electron chi connectivity index (χ0n) is 10.7. The van der Waals surface area contributed by atoms with E-state index in [4.69, 9.17) is 4.99 Å². The van der Waals surface area contributed by atoms with E-state index in [1.165, 1.54) is 0 Å². The van der Waals surface area contributed by atoms with Crippen molar-refractivity contribution >= 4 is 38.7 Å². The number of nitrogens with zero attached hydrogens (tertiary/aromatic N) is 1. The van der Waals surface area contributed by atoms with Gasteiger partial charge in [-0.3, -0.25) is 0 Å². The first-order chi connectivity index (χ1) is 9.84. The van der Waals surface area contributed by atoms with Crippen LogP contribution in [0.4, 0.5) is 5.69 Å². The van der Waals surface area contributed by atoms with E-state index in [0.29, 0.717) is 0 Å². The van der Waals surface area contributed by atoms with Crippen molar-refractivity contribution in [1.82, 2.24) is 0 Å². The van der Waals surface area contributed by atoms with Crippen molar-refractivity contribution in [3.05, 3.63) is 87.0 Å². The van der Waals surface area contributed by atoms with Crippen LogP contribution in [0.5, 0.6) is 0 Å². The molecule has 1 heterocycles. The molecule has 0 saturated carbocycles. The molecule has 3 aromatic rings. The molecule has 2 aromatic carbocycles. The van der Waals surface area contributed by atoms with E-state index in [9.17, 15) is 0 Å². The fourth-order valence-corrected chi connectivity index (χ4v) is 3.26. The number of thiophene rings is 1. The normalized spacial score (nSPS) is 10.2. The van der Waals surface area contributed by atoms with Gasteiger partial charge in [0.05, 0.1) is 15.9 Å². The fourth-order valence-electron chi connectivity index (χ4n) is 1.96. The van der Waals surface area contributed by atoms with Crippen molar-refractivity contribution < 1.29 is 0 Å². The second kappa shape index (κ2) is 6.16. The van der Waals surface area contributed by atoms with Gasteiger partial charge < -0.3 is 0 Å². The zero-order valence-corrected chi connectivity index (χ0v) is 13.1. The van der Waals surface area contributed by atoms with Crippen LogP contribution in [0.15, 0.2) is 80.9 Å². The van der Waals surface area contributed by atoms with Gasteiger partial charge in [-0.05, 0) is 15.9 Å². The highest BCUT2D eigenvalue weighted by atomic mass is 79.9. The van der Waals surface area contributed by atoms with E-state index in [-0.39, 0.29) is 0 Å². The van der Waals surface area contributed by atoms with Crippen LogP contribution >= 0.6 is 27.3 Å². The maximum Gasteiger partial charge on any atom is 0.0886 e. The van der Waals surface area contributed by atoms with Crippen molar-refractivity contribution in [3.8, 4) is 0 Å². The lowest BCUT2D eigenvalue weighted by Crippen LogP contribution is -2.02. The first-order valence-corrected chi connectivity index (χ1v) is 7.99. The molecule has 0 N–H and O–H groups in total. The predicted octanol–water partition coefficient (Wildman–Crippen LogP) is 5.68. The van der Waals surface area contributed by atoms with Crippen LogP contribution in [0.2, 0.25) is 0 Å². The number of rotatable bonds is 3. The van der Waals surface area contributed by atoms with Crippen LogP contribution in [0, 0.1) is 0 Å². The summed E-state index contributed by atoms with van der Waals surface area (Å²) in [7, 11) is 0. The van der Waals surface area contributed by atoms with E-state index >= 15 is 0 Å². The quantitative estimate of drug-likeness (QED) is 0.543. The molecule has 20 heavy (non-hydrogen) atoms. The fraction of sp³-hybridized carbons (Fsp3) is 0. The van der Waals surface area contributed by atoms with Gasteiger partial charge in [-0.1, -0.05) is 60.7 Å². The minimum Gasteiger partial charge on any atom is -0.246 e. The zero-order chi connectivity index (χ0) is 13.8. The van der Waals surface area contributed by atoms with Crippen molar-refractivity contribution in [2.45, 2.75) is 0 Å². The highest BCUT2D eigenvalue weighted by molar-refractivity contribution is 9.10. The number of benzene rings is 2. The molecular weight excluding hydrogens is 330 g/mol. The average molecular weight is 342 g/mol. The summed E-state index contributed by atoms with van der Waals surface area (Å²) in [6.45, 7) is 0. The summed E-state index contributed by atoms with van der Waals surface area (Å²) >= 11 is 5.19. The van der Waals surface area contributed by atoms with Crippen molar-refractivity contribution in [1.29, 1.82) is 0 Å². The summed E-state index contributed by atoms with van der Waals surface area (Å²) in [5.74, 6) is 0. The standard InChI is InChI=1S/C17H12BrNS/c18-15-11-20-12-16(15)19-17(13-7-3-1-4-8-13)14-9-5-2-6-10-14/h1-12H. The Balaban J connectivity index is 2.14. The molecule has 0 atom stereocenters. The Morgan fingerprint density at radius 2 is 1.35 bits per heavy atom. The third-order valence-electron chi connectivity index (χ3n) is 2.92. The van der Waals surface area contributed by atoms with Crippen LogP contribution in [-0.2, 0) is 0 Å². The maximum atomic E-state index is 4.84. The summed E-state index contributed by atoms with van der Waals surface area (Å²) in [6.07, 6.45) is 0. The number of aliphatic imine (C=N–C) groups is 1. The molecule has 1 aromatic heterocycles. The monoisotopic (exact) mass is 341 g/mol. The molecule has 0 amide bonds. The van der Waals surface area contributed by atoms with Gasteiger partial charge >= 0.3 is 0 Å². The predicted molar refractivity (Wildman–Crippen MR) is 90.2 cm³/mol. The number of hydrogen-bond acceptors (Lipinski definition) is 2. The molecule has 3 heteroatoms. The molecule has 0 unspecified atom stereocenters. The van der Waals surface area contributed by atoms with E-state index in [2.05, 4.69) is 45.6 Å². The number of hydrogen-bond donors (Lipinski definition) is 0. The van der Waals surface area contributed by atoms with Gasteiger partial charge in [0.1, 0.15) is 0 Å². The largest absolute Gasteiger partial charge is 0.246 e.